The highest BCUT2D eigenvalue weighted by Gasteiger charge is 2.12. The van der Waals surface area contributed by atoms with Crippen LogP contribution in [0.2, 0.25) is 0 Å². The minimum atomic E-state index is -0.969. The lowest BCUT2D eigenvalue weighted by molar-refractivity contribution is -0.116. The van der Waals surface area contributed by atoms with E-state index in [2.05, 4.69) is 10.6 Å². The van der Waals surface area contributed by atoms with Crippen molar-refractivity contribution in [2.24, 2.45) is 0 Å². The maximum Gasteiger partial charge on any atom is 0.254 e. The summed E-state index contributed by atoms with van der Waals surface area (Å²) in [6, 6.07) is 9.09. The van der Waals surface area contributed by atoms with Gasteiger partial charge in [0.2, 0.25) is 5.91 Å². The van der Waals surface area contributed by atoms with Gasteiger partial charge in [0.25, 0.3) is 5.91 Å². The van der Waals surface area contributed by atoms with Gasteiger partial charge in [-0.05, 0) is 31.2 Å². The smallest absolute Gasteiger partial charge is 0.254 e. The van der Waals surface area contributed by atoms with E-state index in [1.165, 1.54) is 6.92 Å². The first-order valence-electron chi connectivity index (χ1n) is 7.51. The Hall–Kier alpha value is -3.09. The standard InChI is InChI=1S/C18H16F2N2O3/c1-11(23)12-3-2-4-14(9-12)22-17(24)7-8-21-18(25)15-6-5-13(19)10-16(15)20/h2-6,9-10H,7-8H2,1H3,(H,21,25)(H,22,24). The van der Waals surface area contributed by atoms with Crippen LogP contribution in [0.5, 0.6) is 0 Å². The van der Waals surface area contributed by atoms with Gasteiger partial charge in [0.1, 0.15) is 11.6 Å². The zero-order chi connectivity index (χ0) is 18.4. The monoisotopic (exact) mass is 346 g/mol. The molecule has 2 aromatic rings. The average Bonchev–Trinajstić information content (AvgIpc) is 2.54. The van der Waals surface area contributed by atoms with Gasteiger partial charge < -0.3 is 10.6 Å². The number of nitrogens with one attached hydrogen (secondary N) is 2. The molecule has 130 valence electrons. The number of hydrogen-bond donors (Lipinski definition) is 2. The normalized spacial score (nSPS) is 10.2. The lowest BCUT2D eigenvalue weighted by atomic mass is 10.1. The van der Waals surface area contributed by atoms with Gasteiger partial charge in [-0.15, -0.1) is 0 Å². The van der Waals surface area contributed by atoms with Crippen molar-refractivity contribution in [1.82, 2.24) is 5.32 Å². The van der Waals surface area contributed by atoms with Gasteiger partial charge in [0.05, 0.1) is 5.56 Å². The summed E-state index contributed by atoms with van der Waals surface area (Å²) in [7, 11) is 0. The highest BCUT2D eigenvalue weighted by atomic mass is 19.1. The van der Waals surface area contributed by atoms with E-state index < -0.39 is 17.5 Å². The number of anilines is 1. The average molecular weight is 346 g/mol. The molecule has 0 aliphatic carbocycles. The van der Waals surface area contributed by atoms with Crippen LogP contribution < -0.4 is 10.6 Å². The fourth-order valence-electron chi connectivity index (χ4n) is 2.10. The molecule has 0 atom stereocenters. The number of halogens is 2. The highest BCUT2D eigenvalue weighted by molar-refractivity contribution is 5.97. The zero-order valence-electron chi connectivity index (χ0n) is 13.4. The number of benzene rings is 2. The molecule has 2 N–H and O–H groups in total. The third-order valence-electron chi connectivity index (χ3n) is 3.37. The molecule has 0 spiro atoms. The largest absolute Gasteiger partial charge is 0.351 e. The van der Waals surface area contributed by atoms with Crippen LogP contribution in [0, 0.1) is 11.6 Å². The predicted molar refractivity (Wildman–Crippen MR) is 88.4 cm³/mol. The van der Waals surface area contributed by atoms with Crippen molar-refractivity contribution < 1.29 is 23.2 Å². The maximum absolute atomic E-state index is 13.5. The fraction of sp³-hybridized carbons (Fsp3) is 0.167. The van der Waals surface area contributed by atoms with Crippen LogP contribution in [0.15, 0.2) is 42.5 Å². The van der Waals surface area contributed by atoms with Crippen molar-refractivity contribution in [2.45, 2.75) is 13.3 Å². The van der Waals surface area contributed by atoms with E-state index in [0.29, 0.717) is 17.3 Å². The molecule has 0 aliphatic heterocycles. The summed E-state index contributed by atoms with van der Waals surface area (Å²) in [5.74, 6) is -2.97. The first kappa shape index (κ1) is 18.3. The SMILES string of the molecule is CC(=O)c1cccc(NC(=O)CCNC(=O)c2ccc(F)cc2F)c1. The second kappa shape index (κ2) is 8.14. The number of hydrogen-bond acceptors (Lipinski definition) is 3. The summed E-state index contributed by atoms with van der Waals surface area (Å²) in [5, 5.41) is 4.99. The molecule has 0 fully saturated rings. The molecule has 2 rings (SSSR count). The number of carbonyl (C=O) groups is 3. The second-order valence-electron chi connectivity index (χ2n) is 5.32. The third-order valence-corrected chi connectivity index (χ3v) is 3.37. The molecular formula is C18H16F2N2O3. The summed E-state index contributed by atoms with van der Waals surface area (Å²) in [5.41, 5.74) is 0.641. The third kappa shape index (κ3) is 5.20. The topological polar surface area (TPSA) is 75.3 Å². The van der Waals surface area contributed by atoms with Crippen LogP contribution in [0.3, 0.4) is 0 Å². The number of carbonyl (C=O) groups excluding carboxylic acids is 3. The Bertz CT molecular complexity index is 822. The molecule has 0 bridgehead atoms. The van der Waals surface area contributed by atoms with Crippen molar-refractivity contribution in [2.75, 3.05) is 11.9 Å². The van der Waals surface area contributed by atoms with Crippen LogP contribution in [-0.2, 0) is 4.79 Å². The van der Waals surface area contributed by atoms with Gasteiger partial charge in [0, 0.05) is 30.3 Å². The Morgan fingerprint density at radius 3 is 2.48 bits per heavy atom. The van der Waals surface area contributed by atoms with Crippen molar-refractivity contribution in [3.63, 3.8) is 0 Å². The van der Waals surface area contributed by atoms with Crippen molar-refractivity contribution in [3.8, 4) is 0 Å². The molecule has 0 radical (unpaired) electrons. The molecule has 0 aromatic heterocycles. The molecule has 7 heteroatoms. The van der Waals surface area contributed by atoms with Crippen LogP contribution in [0.4, 0.5) is 14.5 Å². The Balaban J connectivity index is 1.85. The van der Waals surface area contributed by atoms with Gasteiger partial charge >= 0.3 is 0 Å². The Kier molecular flexibility index (Phi) is 5.94. The van der Waals surface area contributed by atoms with E-state index in [1.807, 2.05) is 0 Å². The summed E-state index contributed by atoms with van der Waals surface area (Å²) >= 11 is 0. The molecule has 2 amide bonds. The summed E-state index contributed by atoms with van der Waals surface area (Å²) in [6.45, 7) is 1.40. The number of rotatable bonds is 6. The zero-order valence-corrected chi connectivity index (χ0v) is 13.4. The van der Waals surface area contributed by atoms with Gasteiger partial charge in [0.15, 0.2) is 5.78 Å². The maximum atomic E-state index is 13.5. The molecule has 2 aromatic carbocycles. The predicted octanol–water partition coefficient (Wildman–Crippen LogP) is 2.93. The summed E-state index contributed by atoms with van der Waals surface area (Å²) < 4.78 is 26.3. The Morgan fingerprint density at radius 2 is 1.80 bits per heavy atom. The van der Waals surface area contributed by atoms with Crippen molar-refractivity contribution in [3.05, 3.63) is 65.2 Å². The van der Waals surface area contributed by atoms with Gasteiger partial charge in [-0.2, -0.15) is 0 Å². The van der Waals surface area contributed by atoms with Gasteiger partial charge in [-0.3, -0.25) is 14.4 Å². The quantitative estimate of drug-likeness (QED) is 0.790. The minimum Gasteiger partial charge on any atom is -0.351 e. The van der Waals surface area contributed by atoms with Crippen LogP contribution in [0.25, 0.3) is 0 Å². The molecule has 0 aliphatic rings. The second-order valence-corrected chi connectivity index (χ2v) is 5.32. The summed E-state index contributed by atoms with van der Waals surface area (Å²) in [4.78, 5) is 34.9. The molecule has 5 nitrogen and oxygen atoms in total. The number of Topliss-reactive ketones (excluding diaryl/α,β-unsaturated/α-hetero) is 1. The Labute approximate surface area is 143 Å². The Morgan fingerprint density at radius 1 is 1.04 bits per heavy atom. The number of amides is 2. The van der Waals surface area contributed by atoms with E-state index in [4.69, 9.17) is 0 Å². The van der Waals surface area contributed by atoms with Crippen LogP contribution in [0.1, 0.15) is 34.1 Å². The van der Waals surface area contributed by atoms with E-state index in [9.17, 15) is 23.2 Å². The molecule has 0 saturated heterocycles. The lowest BCUT2D eigenvalue weighted by Crippen LogP contribution is -2.28. The molecule has 0 saturated carbocycles. The van der Waals surface area contributed by atoms with E-state index in [-0.39, 0.29) is 30.2 Å². The fourth-order valence-corrected chi connectivity index (χ4v) is 2.10. The van der Waals surface area contributed by atoms with E-state index >= 15 is 0 Å². The molecule has 0 heterocycles. The van der Waals surface area contributed by atoms with Crippen LogP contribution >= 0.6 is 0 Å². The molecule has 0 unspecified atom stereocenters. The van der Waals surface area contributed by atoms with Crippen molar-refractivity contribution in [1.29, 1.82) is 0 Å². The number of ketones is 1. The molecule has 25 heavy (non-hydrogen) atoms. The van der Waals surface area contributed by atoms with E-state index in [1.54, 1.807) is 24.3 Å². The highest BCUT2D eigenvalue weighted by Crippen LogP contribution is 2.12. The van der Waals surface area contributed by atoms with Gasteiger partial charge in [-0.25, -0.2) is 8.78 Å². The summed E-state index contributed by atoms with van der Waals surface area (Å²) in [6.07, 6.45) is -0.0428. The first-order valence-corrected chi connectivity index (χ1v) is 7.51. The van der Waals surface area contributed by atoms with Crippen LogP contribution in [-0.4, -0.2) is 24.1 Å². The minimum absolute atomic E-state index is 0.0200. The van der Waals surface area contributed by atoms with E-state index in [0.717, 1.165) is 12.1 Å². The lowest BCUT2D eigenvalue weighted by Gasteiger charge is -2.08. The molecular weight excluding hydrogens is 330 g/mol. The van der Waals surface area contributed by atoms with Crippen molar-refractivity contribution >= 4 is 23.3 Å². The van der Waals surface area contributed by atoms with Gasteiger partial charge in [-0.1, -0.05) is 12.1 Å². The first-order chi connectivity index (χ1) is 11.9.